The lowest BCUT2D eigenvalue weighted by Gasteiger charge is -2.24. The van der Waals surface area contributed by atoms with Gasteiger partial charge in [0.2, 0.25) is 0 Å². The van der Waals surface area contributed by atoms with Crippen LogP contribution in [0.4, 0.5) is 16.2 Å². The third-order valence-corrected chi connectivity index (χ3v) is 2.71. The standard InChI is InChI=1S/C13H17N3O5/c1-8-4-5-9(6-10(8)16(20)21)14-12(19)15-13(2,3)7-11(17)18/h4-6H,7H2,1-3H3,(H,17,18)(H2,14,15,19). The number of aliphatic carboxylic acids is 1. The molecule has 1 aromatic rings. The molecule has 3 N–H and O–H groups in total. The molecule has 114 valence electrons. The number of aryl methyl sites for hydroxylation is 1. The van der Waals surface area contributed by atoms with Crippen LogP contribution in [-0.4, -0.2) is 27.6 Å². The summed E-state index contributed by atoms with van der Waals surface area (Å²) in [6.07, 6.45) is -0.242. The molecule has 21 heavy (non-hydrogen) atoms. The number of rotatable bonds is 5. The SMILES string of the molecule is Cc1ccc(NC(=O)NC(C)(C)CC(=O)O)cc1[N+](=O)[O-]. The topological polar surface area (TPSA) is 122 Å². The number of hydrogen-bond acceptors (Lipinski definition) is 4. The maximum atomic E-state index is 11.8. The van der Waals surface area contributed by atoms with Crippen LogP contribution in [0, 0.1) is 17.0 Å². The number of carboxylic acids is 1. The molecule has 0 fully saturated rings. The molecule has 0 saturated heterocycles. The quantitative estimate of drug-likeness (QED) is 0.568. The molecule has 8 nitrogen and oxygen atoms in total. The Labute approximate surface area is 121 Å². The number of amides is 2. The van der Waals surface area contributed by atoms with Gasteiger partial charge in [0, 0.05) is 22.9 Å². The van der Waals surface area contributed by atoms with E-state index in [1.807, 2.05) is 0 Å². The molecule has 0 aliphatic carbocycles. The fourth-order valence-corrected chi connectivity index (χ4v) is 1.78. The average molecular weight is 295 g/mol. The molecule has 1 aromatic carbocycles. The summed E-state index contributed by atoms with van der Waals surface area (Å²) in [6.45, 7) is 4.73. The van der Waals surface area contributed by atoms with Crippen LogP contribution in [-0.2, 0) is 4.79 Å². The van der Waals surface area contributed by atoms with Crippen molar-refractivity contribution in [1.82, 2.24) is 5.32 Å². The summed E-state index contributed by atoms with van der Waals surface area (Å²) in [4.78, 5) is 32.7. The second-order valence-electron chi connectivity index (χ2n) is 5.29. The fraction of sp³-hybridized carbons (Fsp3) is 0.385. The second kappa shape index (κ2) is 6.21. The van der Waals surface area contributed by atoms with Crippen molar-refractivity contribution in [3.63, 3.8) is 0 Å². The minimum absolute atomic E-state index is 0.0994. The van der Waals surface area contributed by atoms with Gasteiger partial charge in [-0.2, -0.15) is 0 Å². The number of carboxylic acid groups (broad SMARTS) is 1. The van der Waals surface area contributed by atoms with Gasteiger partial charge in [-0.3, -0.25) is 14.9 Å². The van der Waals surface area contributed by atoms with Crippen LogP contribution in [0.2, 0.25) is 0 Å². The number of carbonyl (C=O) groups is 2. The minimum Gasteiger partial charge on any atom is -0.481 e. The number of hydrogen-bond donors (Lipinski definition) is 3. The Bertz CT molecular complexity index is 583. The lowest BCUT2D eigenvalue weighted by atomic mass is 10.0. The molecule has 0 aromatic heterocycles. The summed E-state index contributed by atoms with van der Waals surface area (Å²) in [6, 6.07) is 3.68. The first-order chi connectivity index (χ1) is 9.60. The molecule has 0 aliphatic heterocycles. The molecule has 0 aliphatic rings. The van der Waals surface area contributed by atoms with Gasteiger partial charge in [0.15, 0.2) is 0 Å². The number of benzene rings is 1. The zero-order valence-corrected chi connectivity index (χ0v) is 12.0. The number of nitrogens with one attached hydrogen (secondary N) is 2. The zero-order valence-electron chi connectivity index (χ0n) is 12.0. The van der Waals surface area contributed by atoms with Crippen LogP contribution < -0.4 is 10.6 Å². The first-order valence-corrected chi connectivity index (χ1v) is 6.17. The molecule has 1 rings (SSSR count). The lowest BCUT2D eigenvalue weighted by molar-refractivity contribution is -0.385. The highest BCUT2D eigenvalue weighted by Gasteiger charge is 2.24. The number of urea groups is 1. The number of carbonyl (C=O) groups excluding carboxylic acids is 1. The van der Waals surface area contributed by atoms with E-state index in [2.05, 4.69) is 10.6 Å². The third kappa shape index (κ3) is 5.09. The maximum Gasteiger partial charge on any atom is 0.319 e. The molecule has 0 bridgehead atoms. The van der Waals surface area contributed by atoms with Gasteiger partial charge in [-0.15, -0.1) is 0 Å². The smallest absolute Gasteiger partial charge is 0.319 e. The Kier molecular flexibility index (Phi) is 4.85. The van der Waals surface area contributed by atoms with Gasteiger partial charge in [0.25, 0.3) is 5.69 Å². The minimum atomic E-state index is -1.04. The molecule has 0 unspecified atom stereocenters. The molecule has 8 heteroatoms. The van der Waals surface area contributed by atoms with E-state index in [9.17, 15) is 19.7 Å². The molecular weight excluding hydrogens is 278 g/mol. The van der Waals surface area contributed by atoms with E-state index in [4.69, 9.17) is 5.11 Å². The normalized spacial score (nSPS) is 10.8. The predicted octanol–water partition coefficient (Wildman–Crippen LogP) is 2.28. The Morgan fingerprint density at radius 2 is 2.00 bits per heavy atom. The van der Waals surface area contributed by atoms with Gasteiger partial charge in [0.1, 0.15) is 0 Å². The monoisotopic (exact) mass is 295 g/mol. The maximum absolute atomic E-state index is 11.8. The molecule has 0 spiro atoms. The average Bonchev–Trinajstić information content (AvgIpc) is 2.28. The second-order valence-corrected chi connectivity index (χ2v) is 5.29. The van der Waals surface area contributed by atoms with Crippen LogP contribution >= 0.6 is 0 Å². The summed E-state index contributed by atoms with van der Waals surface area (Å²) < 4.78 is 0. The molecular formula is C13H17N3O5. The van der Waals surface area contributed by atoms with E-state index < -0.39 is 22.5 Å². The van der Waals surface area contributed by atoms with E-state index in [0.29, 0.717) is 5.56 Å². The van der Waals surface area contributed by atoms with Crippen molar-refractivity contribution >= 4 is 23.4 Å². The highest BCUT2D eigenvalue weighted by atomic mass is 16.6. The predicted molar refractivity (Wildman–Crippen MR) is 76.3 cm³/mol. The fourth-order valence-electron chi connectivity index (χ4n) is 1.78. The van der Waals surface area contributed by atoms with E-state index in [1.54, 1.807) is 20.8 Å². The largest absolute Gasteiger partial charge is 0.481 e. The molecule has 2 amide bonds. The summed E-state index contributed by atoms with van der Waals surface area (Å²) in [7, 11) is 0. The van der Waals surface area contributed by atoms with Crippen molar-refractivity contribution in [2.24, 2.45) is 0 Å². The molecule has 0 heterocycles. The first-order valence-electron chi connectivity index (χ1n) is 6.17. The Hall–Kier alpha value is -2.64. The summed E-state index contributed by atoms with van der Waals surface area (Å²) in [5.41, 5.74) is -0.294. The number of nitrogens with zero attached hydrogens (tertiary/aromatic N) is 1. The first kappa shape index (κ1) is 16.4. The molecule has 0 atom stereocenters. The van der Waals surface area contributed by atoms with Crippen LogP contribution in [0.15, 0.2) is 18.2 Å². The highest BCUT2D eigenvalue weighted by Crippen LogP contribution is 2.22. The van der Waals surface area contributed by atoms with Crippen molar-refractivity contribution in [1.29, 1.82) is 0 Å². The van der Waals surface area contributed by atoms with Gasteiger partial charge in [-0.1, -0.05) is 6.07 Å². The van der Waals surface area contributed by atoms with Crippen molar-refractivity contribution in [3.05, 3.63) is 33.9 Å². The van der Waals surface area contributed by atoms with Crippen molar-refractivity contribution in [3.8, 4) is 0 Å². The van der Waals surface area contributed by atoms with E-state index in [-0.39, 0.29) is 17.8 Å². The van der Waals surface area contributed by atoms with Crippen LogP contribution in [0.25, 0.3) is 0 Å². The van der Waals surface area contributed by atoms with Gasteiger partial charge in [0.05, 0.1) is 11.3 Å². The Balaban J connectivity index is 2.78. The van der Waals surface area contributed by atoms with E-state index >= 15 is 0 Å². The van der Waals surface area contributed by atoms with Gasteiger partial charge in [-0.25, -0.2) is 4.79 Å². The Morgan fingerprint density at radius 3 is 2.52 bits per heavy atom. The van der Waals surface area contributed by atoms with Crippen LogP contribution in [0.1, 0.15) is 25.8 Å². The lowest BCUT2D eigenvalue weighted by Crippen LogP contribution is -2.46. The van der Waals surface area contributed by atoms with E-state index in [1.165, 1.54) is 18.2 Å². The van der Waals surface area contributed by atoms with Crippen LogP contribution in [0.5, 0.6) is 0 Å². The highest BCUT2D eigenvalue weighted by molar-refractivity contribution is 5.90. The van der Waals surface area contributed by atoms with Gasteiger partial charge < -0.3 is 15.7 Å². The van der Waals surface area contributed by atoms with Crippen molar-refractivity contribution in [2.45, 2.75) is 32.7 Å². The molecule has 0 saturated carbocycles. The van der Waals surface area contributed by atoms with Crippen LogP contribution in [0.3, 0.4) is 0 Å². The Morgan fingerprint density at radius 1 is 1.38 bits per heavy atom. The summed E-state index contributed by atoms with van der Waals surface area (Å²) in [5.74, 6) is -1.04. The molecule has 0 radical (unpaired) electrons. The zero-order chi connectivity index (χ0) is 16.2. The number of anilines is 1. The van der Waals surface area contributed by atoms with E-state index in [0.717, 1.165) is 0 Å². The van der Waals surface area contributed by atoms with Gasteiger partial charge in [-0.05, 0) is 26.8 Å². The third-order valence-electron chi connectivity index (χ3n) is 2.71. The number of nitro groups is 1. The van der Waals surface area contributed by atoms with Crippen molar-refractivity contribution in [2.75, 3.05) is 5.32 Å². The van der Waals surface area contributed by atoms with Gasteiger partial charge >= 0.3 is 12.0 Å². The summed E-state index contributed by atoms with van der Waals surface area (Å²) in [5, 5.41) is 24.5. The number of nitro benzene ring substituents is 1. The summed E-state index contributed by atoms with van der Waals surface area (Å²) >= 11 is 0. The van der Waals surface area contributed by atoms with Crippen molar-refractivity contribution < 1.29 is 19.6 Å².